The number of aryl methyl sites for hydroxylation is 1. The first-order valence-electron chi connectivity index (χ1n) is 6.01. The number of ether oxygens (including phenoxy) is 1. The molecule has 1 heterocycles. The van der Waals surface area contributed by atoms with Gasteiger partial charge in [-0.15, -0.1) is 0 Å². The predicted octanol–water partition coefficient (Wildman–Crippen LogP) is 1.77. The molecule has 2 aromatic rings. The molecular formula is C13H14FN3O3. The minimum Gasteiger partial charge on any atom is -0.481 e. The van der Waals surface area contributed by atoms with Gasteiger partial charge in [0.25, 0.3) is 5.91 Å². The second kappa shape index (κ2) is 6.14. The van der Waals surface area contributed by atoms with E-state index in [4.69, 9.17) is 4.74 Å². The highest BCUT2D eigenvalue weighted by atomic mass is 19.1. The van der Waals surface area contributed by atoms with Crippen molar-refractivity contribution in [3.8, 4) is 5.75 Å². The van der Waals surface area contributed by atoms with Crippen molar-refractivity contribution in [3.05, 3.63) is 41.8 Å². The summed E-state index contributed by atoms with van der Waals surface area (Å²) in [6.07, 6.45) is 1.18. The molecule has 1 aromatic carbocycles. The molecule has 2 rings (SSSR count). The van der Waals surface area contributed by atoms with E-state index in [9.17, 15) is 9.18 Å². The second-order valence-electron chi connectivity index (χ2n) is 4.30. The molecular weight excluding hydrogens is 265 g/mol. The number of carbonyl (C=O) groups excluding carboxylic acids is 1. The molecule has 0 saturated carbocycles. The van der Waals surface area contributed by atoms with Gasteiger partial charge in [0.1, 0.15) is 0 Å². The maximum absolute atomic E-state index is 13.4. The molecule has 0 fully saturated rings. The number of hydrogen-bond acceptors (Lipinski definition) is 5. The highest BCUT2D eigenvalue weighted by molar-refractivity contribution is 5.77. The maximum atomic E-state index is 13.4. The number of benzene rings is 1. The predicted molar refractivity (Wildman–Crippen MR) is 67.5 cm³/mol. The van der Waals surface area contributed by atoms with E-state index in [2.05, 4.69) is 20.0 Å². The molecule has 106 valence electrons. The van der Waals surface area contributed by atoms with Crippen molar-refractivity contribution in [2.45, 2.75) is 19.9 Å². The van der Waals surface area contributed by atoms with Crippen molar-refractivity contribution in [2.24, 2.45) is 0 Å². The number of nitrogens with zero attached hydrogens (tertiary/aromatic N) is 2. The topological polar surface area (TPSA) is 77.2 Å². The zero-order valence-electron chi connectivity index (χ0n) is 11.1. The molecule has 20 heavy (non-hydrogen) atoms. The standard InChI is InChI=1S/C13H14FN3O3/c1-8-3-4-10(14)11(5-8)19-6-12(18)16-9(2)13-15-7-20-17-13/h3-5,7,9H,6H2,1-2H3,(H,16,18)/t9-/m0/s1. The van der Waals surface area contributed by atoms with E-state index in [0.717, 1.165) is 5.56 Å². The van der Waals surface area contributed by atoms with E-state index in [0.29, 0.717) is 5.82 Å². The van der Waals surface area contributed by atoms with Gasteiger partial charge < -0.3 is 14.6 Å². The zero-order valence-corrected chi connectivity index (χ0v) is 11.1. The van der Waals surface area contributed by atoms with Crippen LogP contribution in [0.5, 0.6) is 5.75 Å². The molecule has 0 bridgehead atoms. The summed E-state index contributed by atoms with van der Waals surface area (Å²) in [6, 6.07) is 4.04. The summed E-state index contributed by atoms with van der Waals surface area (Å²) in [4.78, 5) is 15.5. The van der Waals surface area contributed by atoms with E-state index >= 15 is 0 Å². The molecule has 0 unspecified atom stereocenters. The van der Waals surface area contributed by atoms with Gasteiger partial charge in [0.2, 0.25) is 6.39 Å². The summed E-state index contributed by atoms with van der Waals surface area (Å²) in [5, 5.41) is 6.23. The molecule has 1 aromatic heterocycles. The maximum Gasteiger partial charge on any atom is 0.258 e. The van der Waals surface area contributed by atoms with Crippen molar-refractivity contribution in [3.63, 3.8) is 0 Å². The fourth-order valence-corrected chi connectivity index (χ4v) is 1.58. The molecule has 7 heteroatoms. The highest BCUT2D eigenvalue weighted by Crippen LogP contribution is 2.18. The molecule has 6 nitrogen and oxygen atoms in total. The van der Waals surface area contributed by atoms with Crippen LogP contribution in [-0.4, -0.2) is 22.7 Å². The van der Waals surface area contributed by atoms with Crippen LogP contribution in [0.3, 0.4) is 0 Å². The van der Waals surface area contributed by atoms with Crippen LogP contribution in [0.1, 0.15) is 24.4 Å². The van der Waals surface area contributed by atoms with Crippen LogP contribution in [0, 0.1) is 12.7 Å². The summed E-state index contributed by atoms with van der Waals surface area (Å²) >= 11 is 0. The summed E-state index contributed by atoms with van der Waals surface area (Å²) in [7, 11) is 0. The molecule has 0 radical (unpaired) electrons. The lowest BCUT2D eigenvalue weighted by molar-refractivity contribution is -0.123. The van der Waals surface area contributed by atoms with E-state index in [1.54, 1.807) is 13.0 Å². The van der Waals surface area contributed by atoms with E-state index in [-0.39, 0.29) is 12.4 Å². The van der Waals surface area contributed by atoms with Gasteiger partial charge in [-0.2, -0.15) is 4.98 Å². The molecule has 0 aliphatic rings. The Labute approximate surface area is 114 Å². The van der Waals surface area contributed by atoms with Gasteiger partial charge in [0.05, 0.1) is 6.04 Å². The molecule has 1 atom stereocenters. The average molecular weight is 279 g/mol. The third-order valence-corrected chi connectivity index (χ3v) is 2.59. The Morgan fingerprint density at radius 1 is 1.55 bits per heavy atom. The third-order valence-electron chi connectivity index (χ3n) is 2.59. The Balaban J connectivity index is 1.87. The first-order chi connectivity index (χ1) is 9.56. The van der Waals surface area contributed by atoms with Crippen LogP contribution < -0.4 is 10.1 Å². The normalized spacial score (nSPS) is 11.9. The van der Waals surface area contributed by atoms with E-state index in [1.165, 1.54) is 18.5 Å². The molecule has 1 amide bonds. The lowest BCUT2D eigenvalue weighted by Crippen LogP contribution is -2.31. The Morgan fingerprint density at radius 2 is 2.35 bits per heavy atom. The number of nitrogens with one attached hydrogen (secondary N) is 1. The average Bonchev–Trinajstić information content (AvgIpc) is 2.94. The van der Waals surface area contributed by atoms with Crippen LogP contribution in [0.15, 0.2) is 29.1 Å². The van der Waals surface area contributed by atoms with Gasteiger partial charge in [-0.3, -0.25) is 4.79 Å². The number of amides is 1. The Morgan fingerprint density at radius 3 is 3.05 bits per heavy atom. The molecule has 0 saturated heterocycles. The molecule has 0 aliphatic heterocycles. The Bertz CT molecular complexity index is 587. The fraction of sp³-hybridized carbons (Fsp3) is 0.308. The fourth-order valence-electron chi connectivity index (χ4n) is 1.58. The number of halogens is 1. The lowest BCUT2D eigenvalue weighted by atomic mass is 10.2. The van der Waals surface area contributed by atoms with Crippen LogP contribution in [0.2, 0.25) is 0 Å². The lowest BCUT2D eigenvalue weighted by Gasteiger charge is -2.11. The number of aromatic nitrogens is 2. The van der Waals surface area contributed by atoms with Gasteiger partial charge >= 0.3 is 0 Å². The Hall–Kier alpha value is -2.44. The molecule has 1 N–H and O–H groups in total. The summed E-state index contributed by atoms with van der Waals surface area (Å²) in [5.74, 6) is -0.495. The zero-order chi connectivity index (χ0) is 14.5. The summed E-state index contributed by atoms with van der Waals surface area (Å²) in [6.45, 7) is 3.23. The van der Waals surface area contributed by atoms with Crippen molar-refractivity contribution in [1.82, 2.24) is 15.5 Å². The van der Waals surface area contributed by atoms with Gasteiger partial charge in [-0.05, 0) is 31.5 Å². The minimum atomic E-state index is -0.505. The van der Waals surface area contributed by atoms with Crippen LogP contribution in [0.25, 0.3) is 0 Å². The minimum absolute atomic E-state index is 0.0485. The van der Waals surface area contributed by atoms with Crippen molar-refractivity contribution >= 4 is 5.91 Å². The van der Waals surface area contributed by atoms with E-state index < -0.39 is 17.8 Å². The second-order valence-corrected chi connectivity index (χ2v) is 4.30. The largest absolute Gasteiger partial charge is 0.481 e. The van der Waals surface area contributed by atoms with Crippen molar-refractivity contribution < 1.29 is 18.4 Å². The first-order valence-corrected chi connectivity index (χ1v) is 6.01. The molecule has 0 spiro atoms. The van der Waals surface area contributed by atoms with E-state index in [1.807, 2.05) is 6.92 Å². The van der Waals surface area contributed by atoms with Gasteiger partial charge in [0.15, 0.2) is 24.0 Å². The van der Waals surface area contributed by atoms with Crippen LogP contribution in [-0.2, 0) is 4.79 Å². The first kappa shape index (κ1) is 14.0. The Kier molecular flexibility index (Phi) is 4.29. The smallest absolute Gasteiger partial charge is 0.258 e. The quantitative estimate of drug-likeness (QED) is 0.902. The third kappa shape index (κ3) is 3.53. The number of carbonyl (C=O) groups is 1. The van der Waals surface area contributed by atoms with Gasteiger partial charge in [-0.25, -0.2) is 4.39 Å². The SMILES string of the molecule is Cc1ccc(F)c(OCC(=O)N[C@@H](C)c2ncon2)c1. The van der Waals surface area contributed by atoms with Crippen LogP contribution >= 0.6 is 0 Å². The summed E-state index contributed by atoms with van der Waals surface area (Å²) in [5.41, 5.74) is 0.849. The highest BCUT2D eigenvalue weighted by Gasteiger charge is 2.14. The summed E-state index contributed by atoms with van der Waals surface area (Å²) < 4.78 is 23.1. The van der Waals surface area contributed by atoms with Crippen molar-refractivity contribution in [2.75, 3.05) is 6.61 Å². The number of hydrogen-bond donors (Lipinski definition) is 1. The monoisotopic (exact) mass is 279 g/mol. The van der Waals surface area contributed by atoms with Gasteiger partial charge in [-0.1, -0.05) is 11.2 Å². The van der Waals surface area contributed by atoms with Gasteiger partial charge in [0, 0.05) is 0 Å². The van der Waals surface area contributed by atoms with Crippen molar-refractivity contribution in [1.29, 1.82) is 0 Å². The molecule has 0 aliphatic carbocycles. The number of rotatable bonds is 5. The van der Waals surface area contributed by atoms with Crippen LogP contribution in [0.4, 0.5) is 4.39 Å².